The minimum absolute atomic E-state index is 0.0269. The average molecular weight is 368 g/mol. The Hall–Kier alpha value is -2.13. The van der Waals surface area contributed by atoms with Crippen LogP contribution in [-0.2, 0) is 11.8 Å². The molecule has 0 saturated heterocycles. The van der Waals surface area contributed by atoms with Crippen molar-refractivity contribution in [3.63, 3.8) is 0 Å². The third-order valence-electron chi connectivity index (χ3n) is 3.57. The number of anilines is 1. The van der Waals surface area contributed by atoms with E-state index in [0.29, 0.717) is 16.8 Å². The molecule has 1 aliphatic carbocycles. The number of nitrogens with one attached hydrogen (secondary N) is 1. The highest BCUT2D eigenvalue weighted by molar-refractivity contribution is 7.99. The molecule has 24 heavy (non-hydrogen) atoms. The number of benzene rings is 1. The molecule has 1 aliphatic rings. The lowest BCUT2D eigenvalue weighted by atomic mass is 10.3. The summed E-state index contributed by atoms with van der Waals surface area (Å²) in [7, 11) is 1.89. The van der Waals surface area contributed by atoms with Gasteiger partial charge in [-0.05, 0) is 25.0 Å². The van der Waals surface area contributed by atoms with E-state index in [1.807, 2.05) is 11.6 Å². The van der Waals surface area contributed by atoms with Gasteiger partial charge in [0.15, 0.2) is 5.16 Å². The van der Waals surface area contributed by atoms with E-state index in [-0.39, 0.29) is 22.4 Å². The number of carbonyl (C=O) groups is 1. The van der Waals surface area contributed by atoms with Gasteiger partial charge < -0.3 is 9.88 Å². The summed E-state index contributed by atoms with van der Waals surface area (Å²) in [6.07, 6.45) is 2.26. The number of amides is 1. The summed E-state index contributed by atoms with van der Waals surface area (Å²) in [6, 6.07) is 4.14. The van der Waals surface area contributed by atoms with E-state index in [9.17, 15) is 14.9 Å². The second-order valence-corrected chi connectivity index (χ2v) is 6.78. The van der Waals surface area contributed by atoms with Gasteiger partial charge in [-0.15, -0.1) is 10.2 Å². The van der Waals surface area contributed by atoms with Crippen molar-refractivity contribution in [2.75, 3.05) is 11.1 Å². The Balaban J connectivity index is 1.60. The molecule has 3 rings (SSSR count). The normalized spacial score (nSPS) is 13.8. The van der Waals surface area contributed by atoms with E-state index in [0.717, 1.165) is 18.7 Å². The SMILES string of the molecule is Cn1c(SCC(=O)Nc2ccc(Cl)c([N+](=O)[O-])c2)nnc1C1CC1. The van der Waals surface area contributed by atoms with E-state index >= 15 is 0 Å². The van der Waals surface area contributed by atoms with Crippen LogP contribution < -0.4 is 5.32 Å². The van der Waals surface area contributed by atoms with E-state index in [4.69, 9.17) is 11.6 Å². The lowest BCUT2D eigenvalue weighted by molar-refractivity contribution is -0.384. The van der Waals surface area contributed by atoms with Crippen LogP contribution in [0.4, 0.5) is 11.4 Å². The maximum atomic E-state index is 12.0. The van der Waals surface area contributed by atoms with Crippen LogP contribution in [0.5, 0.6) is 0 Å². The molecule has 1 saturated carbocycles. The van der Waals surface area contributed by atoms with Crippen LogP contribution in [0.2, 0.25) is 5.02 Å². The molecule has 1 amide bonds. The minimum Gasteiger partial charge on any atom is -0.325 e. The second-order valence-electron chi connectivity index (χ2n) is 5.43. The van der Waals surface area contributed by atoms with E-state index < -0.39 is 4.92 Å². The molecule has 1 aromatic heterocycles. The maximum Gasteiger partial charge on any atom is 0.289 e. The van der Waals surface area contributed by atoms with E-state index in [1.165, 1.54) is 30.0 Å². The first-order chi connectivity index (χ1) is 11.5. The zero-order valence-corrected chi connectivity index (χ0v) is 14.3. The number of nitro benzene ring substituents is 1. The molecule has 126 valence electrons. The van der Waals surface area contributed by atoms with Crippen molar-refractivity contribution in [1.82, 2.24) is 14.8 Å². The van der Waals surface area contributed by atoms with Gasteiger partial charge in [-0.25, -0.2) is 0 Å². The van der Waals surface area contributed by atoms with Gasteiger partial charge in [0.05, 0.1) is 10.7 Å². The van der Waals surface area contributed by atoms with Gasteiger partial charge in [0.1, 0.15) is 10.8 Å². The van der Waals surface area contributed by atoms with Crippen LogP contribution in [0.1, 0.15) is 24.6 Å². The van der Waals surface area contributed by atoms with Gasteiger partial charge in [-0.2, -0.15) is 0 Å². The van der Waals surface area contributed by atoms with Gasteiger partial charge in [0.25, 0.3) is 5.69 Å². The molecule has 1 aromatic carbocycles. The molecule has 8 nitrogen and oxygen atoms in total. The standard InChI is InChI=1S/C14H14ClN5O3S/c1-19-13(8-2-3-8)17-18-14(19)24-7-12(21)16-9-4-5-10(15)11(6-9)20(22)23/h4-6,8H,2-3,7H2,1H3,(H,16,21). The fourth-order valence-electron chi connectivity index (χ4n) is 2.21. The molecular formula is C14H14ClN5O3S. The summed E-state index contributed by atoms with van der Waals surface area (Å²) in [5.41, 5.74) is 0.0813. The summed E-state index contributed by atoms with van der Waals surface area (Å²) < 4.78 is 1.91. The highest BCUT2D eigenvalue weighted by Gasteiger charge is 2.29. The van der Waals surface area contributed by atoms with Crippen molar-refractivity contribution in [3.8, 4) is 0 Å². The molecule has 0 atom stereocenters. The molecule has 10 heteroatoms. The molecule has 1 fully saturated rings. The molecule has 1 heterocycles. The van der Waals surface area contributed by atoms with Gasteiger partial charge in [0.2, 0.25) is 5.91 Å². The highest BCUT2D eigenvalue weighted by atomic mass is 35.5. The first-order valence-corrected chi connectivity index (χ1v) is 8.58. The van der Waals surface area contributed by atoms with Gasteiger partial charge in [-0.1, -0.05) is 23.4 Å². The number of hydrogen-bond acceptors (Lipinski definition) is 6. The van der Waals surface area contributed by atoms with Crippen LogP contribution in [0.15, 0.2) is 23.4 Å². The van der Waals surface area contributed by atoms with Gasteiger partial charge in [0, 0.05) is 24.7 Å². The van der Waals surface area contributed by atoms with E-state index in [1.54, 1.807) is 0 Å². The fourth-order valence-corrected chi connectivity index (χ4v) is 3.11. The van der Waals surface area contributed by atoms with Crippen LogP contribution in [-0.4, -0.2) is 31.3 Å². The largest absolute Gasteiger partial charge is 0.325 e. The van der Waals surface area contributed by atoms with Gasteiger partial charge >= 0.3 is 0 Å². The number of halogens is 1. The predicted molar refractivity (Wildman–Crippen MR) is 90.4 cm³/mol. The summed E-state index contributed by atoms with van der Waals surface area (Å²) >= 11 is 7.01. The van der Waals surface area contributed by atoms with E-state index in [2.05, 4.69) is 15.5 Å². The number of nitrogens with zero attached hydrogens (tertiary/aromatic N) is 4. The topological polar surface area (TPSA) is 103 Å². The second kappa shape index (κ2) is 6.78. The Morgan fingerprint density at radius 2 is 2.25 bits per heavy atom. The summed E-state index contributed by atoms with van der Waals surface area (Å²) in [4.78, 5) is 22.3. The van der Waals surface area contributed by atoms with Crippen molar-refractivity contribution in [3.05, 3.63) is 39.2 Å². The third kappa shape index (κ3) is 3.68. The lowest BCUT2D eigenvalue weighted by Gasteiger charge is -2.06. The maximum absolute atomic E-state index is 12.0. The molecule has 0 spiro atoms. The zero-order valence-electron chi connectivity index (χ0n) is 12.7. The number of rotatable bonds is 6. The lowest BCUT2D eigenvalue weighted by Crippen LogP contribution is -2.14. The van der Waals surface area contributed by atoms with Gasteiger partial charge in [-0.3, -0.25) is 14.9 Å². The van der Waals surface area contributed by atoms with Crippen molar-refractivity contribution < 1.29 is 9.72 Å². The van der Waals surface area contributed by atoms with Crippen LogP contribution in [0.25, 0.3) is 0 Å². The minimum atomic E-state index is -0.592. The fraction of sp³-hybridized carbons (Fsp3) is 0.357. The zero-order chi connectivity index (χ0) is 17.3. The Labute approximate surface area is 146 Å². The summed E-state index contributed by atoms with van der Waals surface area (Å²) in [6.45, 7) is 0. The number of carbonyl (C=O) groups excluding carboxylic acids is 1. The van der Waals surface area contributed by atoms with Crippen LogP contribution >= 0.6 is 23.4 Å². The molecule has 0 aliphatic heterocycles. The Bertz CT molecular complexity index is 806. The quantitative estimate of drug-likeness (QED) is 0.478. The Morgan fingerprint density at radius 1 is 1.50 bits per heavy atom. The Kier molecular flexibility index (Phi) is 4.72. The summed E-state index contributed by atoms with van der Waals surface area (Å²) in [5.74, 6) is 1.28. The molecule has 1 N–H and O–H groups in total. The highest BCUT2D eigenvalue weighted by Crippen LogP contribution is 2.39. The number of nitro groups is 1. The molecule has 0 bridgehead atoms. The third-order valence-corrected chi connectivity index (χ3v) is 4.91. The first-order valence-electron chi connectivity index (χ1n) is 7.21. The number of aromatic nitrogens is 3. The van der Waals surface area contributed by atoms with Crippen LogP contribution in [0.3, 0.4) is 0 Å². The molecular weight excluding hydrogens is 354 g/mol. The average Bonchev–Trinajstić information content (AvgIpc) is 3.31. The molecule has 0 unspecified atom stereocenters. The van der Waals surface area contributed by atoms with Crippen molar-refractivity contribution >= 4 is 40.6 Å². The number of hydrogen-bond donors (Lipinski definition) is 1. The van der Waals surface area contributed by atoms with Crippen molar-refractivity contribution in [2.24, 2.45) is 7.05 Å². The van der Waals surface area contributed by atoms with Crippen LogP contribution in [0, 0.1) is 10.1 Å². The smallest absolute Gasteiger partial charge is 0.289 e. The van der Waals surface area contributed by atoms with Crippen molar-refractivity contribution in [2.45, 2.75) is 23.9 Å². The molecule has 2 aromatic rings. The monoisotopic (exact) mass is 367 g/mol. The first kappa shape index (κ1) is 16.7. The summed E-state index contributed by atoms with van der Waals surface area (Å²) in [5, 5.41) is 22.4. The van der Waals surface area contributed by atoms with Crippen molar-refractivity contribution in [1.29, 1.82) is 0 Å². The number of thioether (sulfide) groups is 1. The predicted octanol–water partition coefficient (Wildman–Crippen LogP) is 2.98. The Morgan fingerprint density at radius 3 is 2.92 bits per heavy atom. The molecule has 0 radical (unpaired) electrons.